The summed E-state index contributed by atoms with van der Waals surface area (Å²) in [6.07, 6.45) is 2.77. The van der Waals surface area contributed by atoms with Crippen molar-refractivity contribution in [3.8, 4) is 0 Å². The Labute approximate surface area is 113 Å². The van der Waals surface area contributed by atoms with Crippen molar-refractivity contribution >= 4 is 33.4 Å². The molecule has 92 valence electrons. The molecule has 0 spiro atoms. The Hall–Kier alpha value is -0.610. The van der Waals surface area contributed by atoms with Crippen molar-refractivity contribution in [1.29, 1.82) is 0 Å². The highest BCUT2D eigenvalue weighted by atomic mass is 79.9. The second-order valence-corrected chi connectivity index (χ2v) is 5.44. The first-order chi connectivity index (χ1) is 8.08. The standard InChI is InChI=1S/C12H12BrClFNO/c13-9-4-1-3-8(10(9)15)11(17)16-12(7-14)5-2-6-12/h1,3-4H,2,5-7H2,(H,16,17). The van der Waals surface area contributed by atoms with Crippen LogP contribution < -0.4 is 5.32 Å². The number of halogens is 3. The molecule has 0 bridgehead atoms. The Morgan fingerprint density at radius 3 is 2.76 bits per heavy atom. The van der Waals surface area contributed by atoms with Crippen molar-refractivity contribution in [1.82, 2.24) is 5.32 Å². The maximum absolute atomic E-state index is 13.7. The van der Waals surface area contributed by atoms with E-state index in [-0.39, 0.29) is 11.1 Å². The van der Waals surface area contributed by atoms with Crippen molar-refractivity contribution in [3.05, 3.63) is 34.1 Å². The first-order valence-electron chi connectivity index (χ1n) is 5.40. The van der Waals surface area contributed by atoms with Gasteiger partial charge in [-0.1, -0.05) is 6.07 Å². The third kappa shape index (κ3) is 2.47. The summed E-state index contributed by atoms with van der Waals surface area (Å²) >= 11 is 8.91. The lowest BCUT2D eigenvalue weighted by Crippen LogP contribution is -2.55. The summed E-state index contributed by atoms with van der Waals surface area (Å²) in [5.74, 6) is -0.563. The summed E-state index contributed by atoms with van der Waals surface area (Å²) in [7, 11) is 0. The fourth-order valence-corrected chi connectivity index (χ4v) is 2.58. The van der Waals surface area contributed by atoms with Gasteiger partial charge in [0, 0.05) is 5.88 Å². The molecule has 0 aliphatic heterocycles. The van der Waals surface area contributed by atoms with Gasteiger partial charge in [-0.05, 0) is 47.3 Å². The molecule has 1 aromatic carbocycles. The summed E-state index contributed by atoms with van der Waals surface area (Å²) in [5.41, 5.74) is -0.288. The highest BCUT2D eigenvalue weighted by Gasteiger charge is 2.38. The third-order valence-corrected chi connectivity index (χ3v) is 4.27. The lowest BCUT2D eigenvalue weighted by atomic mass is 9.78. The van der Waals surface area contributed by atoms with Crippen molar-refractivity contribution < 1.29 is 9.18 Å². The van der Waals surface area contributed by atoms with E-state index in [2.05, 4.69) is 21.2 Å². The fraction of sp³-hybridized carbons (Fsp3) is 0.417. The topological polar surface area (TPSA) is 29.1 Å². The lowest BCUT2D eigenvalue weighted by Gasteiger charge is -2.41. The van der Waals surface area contributed by atoms with Gasteiger partial charge in [-0.3, -0.25) is 4.79 Å². The van der Waals surface area contributed by atoms with Crippen LogP contribution in [0.3, 0.4) is 0 Å². The average molecular weight is 321 g/mol. The molecule has 1 N–H and O–H groups in total. The van der Waals surface area contributed by atoms with Gasteiger partial charge in [0.25, 0.3) is 5.91 Å². The molecule has 1 aliphatic rings. The van der Waals surface area contributed by atoms with E-state index in [0.29, 0.717) is 10.4 Å². The number of carbonyl (C=O) groups is 1. The van der Waals surface area contributed by atoms with Crippen LogP contribution in [-0.2, 0) is 0 Å². The van der Waals surface area contributed by atoms with Gasteiger partial charge in [0.15, 0.2) is 0 Å². The molecule has 0 atom stereocenters. The van der Waals surface area contributed by atoms with Gasteiger partial charge in [0.05, 0.1) is 15.6 Å². The van der Waals surface area contributed by atoms with E-state index >= 15 is 0 Å². The molecule has 5 heteroatoms. The first kappa shape index (κ1) is 12.8. The molecule has 1 aromatic rings. The largest absolute Gasteiger partial charge is 0.345 e. The van der Waals surface area contributed by atoms with Gasteiger partial charge in [0.2, 0.25) is 0 Å². The predicted octanol–water partition coefficient (Wildman–Crippen LogP) is 3.48. The smallest absolute Gasteiger partial charge is 0.254 e. The number of benzene rings is 1. The van der Waals surface area contributed by atoms with Crippen molar-refractivity contribution in [2.45, 2.75) is 24.8 Å². The number of hydrogen-bond acceptors (Lipinski definition) is 1. The van der Waals surface area contributed by atoms with Gasteiger partial charge < -0.3 is 5.32 Å². The summed E-state index contributed by atoms with van der Waals surface area (Å²) in [5, 5.41) is 2.83. The summed E-state index contributed by atoms with van der Waals surface area (Å²) in [6, 6.07) is 4.67. The van der Waals surface area contributed by atoms with Crippen molar-refractivity contribution in [2.75, 3.05) is 5.88 Å². The van der Waals surface area contributed by atoms with Crippen LogP contribution in [0, 0.1) is 5.82 Å². The van der Waals surface area contributed by atoms with E-state index in [4.69, 9.17) is 11.6 Å². The monoisotopic (exact) mass is 319 g/mol. The van der Waals surface area contributed by atoms with Crippen LogP contribution in [-0.4, -0.2) is 17.3 Å². The Kier molecular flexibility index (Phi) is 3.73. The molecule has 0 radical (unpaired) electrons. The minimum Gasteiger partial charge on any atom is -0.345 e. The number of amides is 1. The van der Waals surface area contributed by atoms with E-state index in [1.165, 1.54) is 6.07 Å². The summed E-state index contributed by atoms with van der Waals surface area (Å²) < 4.78 is 14.0. The summed E-state index contributed by atoms with van der Waals surface area (Å²) in [4.78, 5) is 12.0. The van der Waals surface area contributed by atoms with E-state index in [1.807, 2.05) is 0 Å². The third-order valence-electron chi connectivity index (χ3n) is 3.14. The molecule has 0 heterocycles. The maximum Gasteiger partial charge on any atom is 0.254 e. The zero-order valence-corrected chi connectivity index (χ0v) is 11.4. The quantitative estimate of drug-likeness (QED) is 0.849. The van der Waals surface area contributed by atoms with Gasteiger partial charge in [-0.25, -0.2) is 4.39 Å². The van der Waals surface area contributed by atoms with Crippen LogP contribution in [0.2, 0.25) is 0 Å². The number of carbonyl (C=O) groups excluding carboxylic acids is 1. The van der Waals surface area contributed by atoms with Gasteiger partial charge >= 0.3 is 0 Å². The summed E-state index contributed by atoms with van der Waals surface area (Å²) in [6.45, 7) is 0. The zero-order valence-electron chi connectivity index (χ0n) is 9.10. The molecular weight excluding hydrogens is 308 g/mol. The minimum atomic E-state index is -0.533. The van der Waals surface area contributed by atoms with Gasteiger partial charge in [-0.2, -0.15) is 0 Å². The molecule has 1 fully saturated rings. The van der Waals surface area contributed by atoms with Crippen molar-refractivity contribution in [3.63, 3.8) is 0 Å². The second-order valence-electron chi connectivity index (χ2n) is 4.32. The van der Waals surface area contributed by atoms with Gasteiger partial charge in [0.1, 0.15) is 5.82 Å². The molecule has 17 heavy (non-hydrogen) atoms. The Balaban J connectivity index is 2.17. The average Bonchev–Trinajstić information content (AvgIpc) is 2.27. The van der Waals surface area contributed by atoms with Crippen LogP contribution in [0.15, 0.2) is 22.7 Å². The SMILES string of the molecule is O=C(NC1(CCl)CCC1)c1cccc(Br)c1F. The van der Waals surface area contributed by atoms with Crippen LogP contribution in [0.25, 0.3) is 0 Å². The molecule has 0 saturated heterocycles. The second kappa shape index (κ2) is 4.94. The molecule has 0 unspecified atom stereocenters. The minimum absolute atomic E-state index is 0.0516. The fourth-order valence-electron chi connectivity index (χ4n) is 1.88. The number of nitrogens with one attached hydrogen (secondary N) is 1. The molecule has 1 saturated carbocycles. The molecule has 1 amide bonds. The molecule has 2 nitrogen and oxygen atoms in total. The van der Waals surface area contributed by atoms with Crippen LogP contribution in [0.5, 0.6) is 0 Å². The molecular formula is C12H12BrClFNO. The number of alkyl halides is 1. The van der Waals surface area contributed by atoms with E-state index in [9.17, 15) is 9.18 Å². The first-order valence-corrected chi connectivity index (χ1v) is 6.73. The normalized spacial score (nSPS) is 17.4. The van der Waals surface area contributed by atoms with Gasteiger partial charge in [-0.15, -0.1) is 11.6 Å². The Morgan fingerprint density at radius 1 is 1.53 bits per heavy atom. The molecule has 2 rings (SSSR count). The highest BCUT2D eigenvalue weighted by Crippen LogP contribution is 2.33. The van der Waals surface area contributed by atoms with Crippen molar-refractivity contribution in [2.24, 2.45) is 0 Å². The highest BCUT2D eigenvalue weighted by molar-refractivity contribution is 9.10. The Bertz CT molecular complexity index is 443. The van der Waals surface area contributed by atoms with E-state index in [1.54, 1.807) is 12.1 Å². The predicted molar refractivity (Wildman–Crippen MR) is 68.9 cm³/mol. The zero-order chi connectivity index (χ0) is 12.5. The number of hydrogen-bond donors (Lipinski definition) is 1. The maximum atomic E-state index is 13.7. The Morgan fingerprint density at radius 2 is 2.24 bits per heavy atom. The molecule has 1 aliphatic carbocycles. The van der Waals surface area contributed by atoms with Crippen LogP contribution in [0.1, 0.15) is 29.6 Å². The van der Waals surface area contributed by atoms with Crippen LogP contribution in [0.4, 0.5) is 4.39 Å². The van der Waals surface area contributed by atoms with Crippen LogP contribution >= 0.6 is 27.5 Å². The lowest BCUT2D eigenvalue weighted by molar-refractivity contribution is 0.0849. The van der Waals surface area contributed by atoms with E-state index in [0.717, 1.165) is 19.3 Å². The number of rotatable bonds is 3. The molecule has 0 aromatic heterocycles. The van der Waals surface area contributed by atoms with E-state index < -0.39 is 11.7 Å².